The normalized spacial score (nSPS) is 10.0. The third-order valence-corrected chi connectivity index (χ3v) is 3.57. The second-order valence-corrected chi connectivity index (χ2v) is 5.51. The number of amides is 2. The van der Waals surface area contributed by atoms with Gasteiger partial charge in [-0.25, -0.2) is 0 Å². The van der Waals surface area contributed by atoms with Gasteiger partial charge in [0.25, 0.3) is 5.91 Å². The van der Waals surface area contributed by atoms with Gasteiger partial charge in [0.2, 0.25) is 5.91 Å². The van der Waals surface area contributed by atoms with Crippen molar-refractivity contribution in [2.45, 2.75) is 0 Å². The van der Waals surface area contributed by atoms with Crippen molar-refractivity contribution in [1.29, 1.82) is 0 Å². The molecule has 0 spiro atoms. The van der Waals surface area contributed by atoms with Crippen LogP contribution in [-0.2, 0) is 4.79 Å². The number of carbonyl (C=O) groups is 2. The van der Waals surface area contributed by atoms with E-state index in [2.05, 4.69) is 26.6 Å². The first kappa shape index (κ1) is 15.5. The molecule has 0 saturated heterocycles. The van der Waals surface area contributed by atoms with E-state index in [9.17, 15) is 9.59 Å². The second-order valence-electron chi connectivity index (χ2n) is 4.22. The first-order chi connectivity index (χ1) is 10.1. The molecular weight excluding hydrogens is 356 g/mol. The molecule has 2 amide bonds. The van der Waals surface area contributed by atoms with Gasteiger partial charge >= 0.3 is 0 Å². The van der Waals surface area contributed by atoms with Crippen molar-refractivity contribution in [3.05, 3.63) is 63.6 Å². The molecule has 0 radical (unpaired) electrons. The summed E-state index contributed by atoms with van der Waals surface area (Å²) in [4.78, 5) is 23.7. The minimum atomic E-state index is -0.347. The lowest BCUT2D eigenvalue weighted by Gasteiger charge is -2.08. The van der Waals surface area contributed by atoms with Gasteiger partial charge in [-0.1, -0.05) is 29.8 Å². The van der Waals surface area contributed by atoms with E-state index in [0.29, 0.717) is 16.3 Å². The Bertz CT molecular complexity index is 676. The summed E-state index contributed by atoms with van der Waals surface area (Å²) in [6.45, 7) is -0.118. The van der Waals surface area contributed by atoms with Crippen LogP contribution in [-0.4, -0.2) is 18.4 Å². The van der Waals surface area contributed by atoms with E-state index in [-0.39, 0.29) is 18.4 Å². The zero-order chi connectivity index (χ0) is 15.2. The van der Waals surface area contributed by atoms with Crippen molar-refractivity contribution in [3.63, 3.8) is 0 Å². The average molecular weight is 368 g/mol. The summed E-state index contributed by atoms with van der Waals surface area (Å²) in [6, 6.07) is 13.8. The first-order valence-corrected chi connectivity index (χ1v) is 7.31. The quantitative estimate of drug-likeness (QED) is 0.869. The number of hydrogen-bond donors (Lipinski definition) is 2. The van der Waals surface area contributed by atoms with Crippen molar-refractivity contribution in [2.75, 3.05) is 11.9 Å². The highest BCUT2D eigenvalue weighted by Crippen LogP contribution is 2.20. The smallest absolute Gasteiger partial charge is 0.251 e. The van der Waals surface area contributed by atoms with Crippen LogP contribution in [0, 0.1) is 0 Å². The van der Waals surface area contributed by atoms with E-state index in [1.165, 1.54) is 0 Å². The van der Waals surface area contributed by atoms with Crippen molar-refractivity contribution in [3.8, 4) is 0 Å². The Morgan fingerprint density at radius 1 is 1.10 bits per heavy atom. The van der Waals surface area contributed by atoms with Gasteiger partial charge in [0.1, 0.15) is 0 Å². The van der Waals surface area contributed by atoms with Crippen LogP contribution in [0.5, 0.6) is 0 Å². The predicted molar refractivity (Wildman–Crippen MR) is 86.6 cm³/mol. The molecule has 0 aliphatic heterocycles. The summed E-state index contributed by atoms with van der Waals surface area (Å²) in [5.41, 5.74) is 1.07. The largest absolute Gasteiger partial charge is 0.343 e. The maximum atomic E-state index is 11.9. The van der Waals surface area contributed by atoms with E-state index >= 15 is 0 Å². The summed E-state index contributed by atoms with van der Waals surface area (Å²) in [6.07, 6.45) is 0. The average Bonchev–Trinajstić information content (AvgIpc) is 2.47. The molecule has 108 valence electrons. The number of halogens is 2. The molecular formula is C15H12BrClN2O2. The molecule has 21 heavy (non-hydrogen) atoms. The summed E-state index contributed by atoms with van der Waals surface area (Å²) in [5.74, 6) is -0.656. The molecule has 0 aromatic heterocycles. The van der Waals surface area contributed by atoms with Crippen LogP contribution < -0.4 is 10.6 Å². The highest BCUT2D eigenvalue weighted by molar-refractivity contribution is 9.10. The van der Waals surface area contributed by atoms with Crippen LogP contribution in [0.15, 0.2) is 53.0 Å². The molecule has 0 saturated carbocycles. The van der Waals surface area contributed by atoms with Gasteiger partial charge < -0.3 is 10.6 Å². The third kappa shape index (κ3) is 4.58. The monoisotopic (exact) mass is 366 g/mol. The number of anilines is 1. The molecule has 0 aliphatic rings. The van der Waals surface area contributed by atoms with Crippen LogP contribution in [0.4, 0.5) is 5.69 Å². The molecule has 6 heteroatoms. The summed E-state index contributed by atoms with van der Waals surface area (Å²) < 4.78 is 0.777. The SMILES string of the molecule is O=C(CNC(=O)c1cccc(Cl)c1)Nc1ccccc1Br. The van der Waals surface area contributed by atoms with Gasteiger partial charge in [-0.2, -0.15) is 0 Å². The molecule has 0 atom stereocenters. The van der Waals surface area contributed by atoms with Crippen molar-refractivity contribution in [1.82, 2.24) is 5.32 Å². The Morgan fingerprint density at radius 3 is 2.57 bits per heavy atom. The first-order valence-electron chi connectivity index (χ1n) is 6.14. The Balaban J connectivity index is 1.90. The lowest BCUT2D eigenvalue weighted by atomic mass is 10.2. The van der Waals surface area contributed by atoms with Gasteiger partial charge in [-0.15, -0.1) is 0 Å². The molecule has 0 fully saturated rings. The van der Waals surface area contributed by atoms with Gasteiger partial charge in [0, 0.05) is 15.1 Å². The van der Waals surface area contributed by atoms with E-state index < -0.39 is 0 Å². The lowest BCUT2D eigenvalue weighted by molar-refractivity contribution is -0.115. The minimum Gasteiger partial charge on any atom is -0.343 e. The Hall–Kier alpha value is -1.85. The Morgan fingerprint density at radius 2 is 1.86 bits per heavy atom. The standard InChI is InChI=1S/C15H12BrClN2O2/c16-12-6-1-2-7-13(12)19-14(20)9-18-15(21)10-4-3-5-11(17)8-10/h1-8H,9H2,(H,18,21)(H,19,20). The zero-order valence-corrected chi connectivity index (χ0v) is 13.2. The maximum Gasteiger partial charge on any atom is 0.251 e. The fraction of sp³-hybridized carbons (Fsp3) is 0.0667. The summed E-state index contributed by atoms with van der Waals surface area (Å²) in [5, 5.41) is 5.72. The van der Waals surface area contributed by atoms with E-state index in [4.69, 9.17) is 11.6 Å². The maximum absolute atomic E-state index is 11.9. The number of para-hydroxylation sites is 1. The van der Waals surface area contributed by atoms with Crippen LogP contribution in [0.2, 0.25) is 5.02 Å². The summed E-state index contributed by atoms with van der Waals surface area (Å²) in [7, 11) is 0. The van der Waals surface area contributed by atoms with Crippen LogP contribution in [0.1, 0.15) is 10.4 Å². The lowest BCUT2D eigenvalue weighted by Crippen LogP contribution is -2.32. The molecule has 0 aliphatic carbocycles. The number of hydrogen-bond acceptors (Lipinski definition) is 2. The predicted octanol–water partition coefficient (Wildman–Crippen LogP) is 3.47. The van der Waals surface area contributed by atoms with E-state index in [0.717, 1.165) is 4.47 Å². The Labute approximate surface area is 135 Å². The highest BCUT2D eigenvalue weighted by Gasteiger charge is 2.09. The molecule has 2 rings (SSSR count). The van der Waals surface area contributed by atoms with Crippen LogP contribution in [0.3, 0.4) is 0 Å². The molecule has 0 bridgehead atoms. The number of benzene rings is 2. The molecule has 4 nitrogen and oxygen atoms in total. The van der Waals surface area contributed by atoms with Gasteiger partial charge in [-0.05, 0) is 46.3 Å². The van der Waals surface area contributed by atoms with Gasteiger partial charge in [-0.3, -0.25) is 9.59 Å². The fourth-order valence-electron chi connectivity index (χ4n) is 1.65. The van der Waals surface area contributed by atoms with Crippen LogP contribution in [0.25, 0.3) is 0 Å². The molecule has 0 heterocycles. The summed E-state index contributed by atoms with van der Waals surface area (Å²) >= 11 is 9.14. The third-order valence-electron chi connectivity index (χ3n) is 2.64. The van der Waals surface area contributed by atoms with E-state index in [1.807, 2.05) is 18.2 Å². The van der Waals surface area contributed by atoms with Crippen molar-refractivity contribution >= 4 is 45.0 Å². The minimum absolute atomic E-state index is 0.118. The van der Waals surface area contributed by atoms with E-state index in [1.54, 1.807) is 30.3 Å². The Kier molecular flexibility index (Phi) is 5.36. The second kappa shape index (κ2) is 7.24. The number of carbonyl (C=O) groups excluding carboxylic acids is 2. The van der Waals surface area contributed by atoms with Crippen molar-refractivity contribution < 1.29 is 9.59 Å². The molecule has 0 unspecified atom stereocenters. The number of rotatable bonds is 4. The van der Waals surface area contributed by atoms with Gasteiger partial charge in [0.05, 0.1) is 12.2 Å². The fourth-order valence-corrected chi connectivity index (χ4v) is 2.22. The molecule has 2 aromatic carbocycles. The van der Waals surface area contributed by atoms with Crippen molar-refractivity contribution in [2.24, 2.45) is 0 Å². The highest BCUT2D eigenvalue weighted by atomic mass is 79.9. The number of nitrogens with one attached hydrogen (secondary N) is 2. The topological polar surface area (TPSA) is 58.2 Å². The molecule has 2 N–H and O–H groups in total. The zero-order valence-electron chi connectivity index (χ0n) is 10.9. The van der Waals surface area contributed by atoms with Crippen LogP contribution >= 0.6 is 27.5 Å². The molecule has 2 aromatic rings. The van der Waals surface area contributed by atoms with Gasteiger partial charge in [0.15, 0.2) is 0 Å².